The summed E-state index contributed by atoms with van der Waals surface area (Å²) in [5.41, 5.74) is 13.4. The highest BCUT2D eigenvalue weighted by Gasteiger charge is 2.55. The van der Waals surface area contributed by atoms with Crippen LogP contribution in [-0.4, -0.2) is 76.1 Å². The van der Waals surface area contributed by atoms with Gasteiger partial charge in [0, 0.05) is 22.6 Å². The zero-order valence-electron chi connectivity index (χ0n) is 44.6. The molecule has 10 aromatic rings. The summed E-state index contributed by atoms with van der Waals surface area (Å²) in [7, 11) is 0. The van der Waals surface area contributed by atoms with Crippen molar-refractivity contribution in [2.24, 2.45) is 5.73 Å². The van der Waals surface area contributed by atoms with Crippen LogP contribution in [0.3, 0.4) is 0 Å². The molecule has 12 rings (SSSR count). The number of thioether (sulfide) groups is 2. The largest absolute Gasteiger partial charge is 0.448 e. The maximum atomic E-state index is 15.0. The van der Waals surface area contributed by atoms with Crippen molar-refractivity contribution in [2.45, 2.75) is 47.2 Å². The monoisotopic (exact) mass is 1150 g/mol. The fourth-order valence-electron chi connectivity index (χ4n) is 10.4. The second-order valence-electron chi connectivity index (χ2n) is 19.8. The molecule has 2 amide bonds. The molecule has 4 N–H and O–H groups in total. The van der Waals surface area contributed by atoms with Crippen molar-refractivity contribution in [1.82, 2.24) is 34.8 Å². The molecule has 2 aliphatic rings. The molecule has 83 heavy (non-hydrogen) atoms. The Morgan fingerprint density at radius 1 is 0.663 bits per heavy atom. The van der Waals surface area contributed by atoms with Gasteiger partial charge in [0.15, 0.2) is 17.3 Å². The van der Waals surface area contributed by atoms with E-state index in [-0.39, 0.29) is 23.1 Å². The Labute approximate surface area is 491 Å². The summed E-state index contributed by atoms with van der Waals surface area (Å²) >= 11 is 4.06. The first-order chi connectivity index (χ1) is 40.6. The summed E-state index contributed by atoms with van der Waals surface area (Å²) in [6, 6.07) is 67.6. The number of carbonyl (C=O) groups is 4. The standard InChI is InChI=1S/C65H53N9O6S3/c1-41-37-51(74-63(67-41)70-57(72-74)62(78)80-56(44-27-13-4-14-28-44)45-29-15-5-16-30-45)81-38-46-39-82-60-53(59(76)73(60)54(46)61(77)79-55(42-23-9-2-10-24-42)43-25-11-3-12-26-43)69-58(75)52(66)50-40-83-64(68-50)71-65(47-31-17-6-18-32-47,48-33-19-7-20-34-48)49-35-21-8-22-36-49/h2-37,40,52-53,55-56,60H,38-39,66H2,1H3,(H,68,71)(H,69,75). The number of hydrogen-bond donors (Lipinski definition) is 3. The molecule has 0 aliphatic carbocycles. The Morgan fingerprint density at radius 3 is 1.63 bits per heavy atom. The number of nitrogens with two attached hydrogens (primary N) is 1. The lowest BCUT2D eigenvalue weighted by molar-refractivity contribution is -0.154. The van der Waals surface area contributed by atoms with E-state index in [1.807, 2.05) is 189 Å². The van der Waals surface area contributed by atoms with Crippen LogP contribution in [0, 0.1) is 6.92 Å². The second-order valence-corrected chi connectivity index (χ2v) is 22.7. The number of aromatic nitrogens is 5. The molecular formula is C65H53N9O6S3. The number of nitrogens with zero attached hydrogens (tertiary/aromatic N) is 6. The first kappa shape index (κ1) is 54.4. The van der Waals surface area contributed by atoms with Crippen LogP contribution >= 0.6 is 34.9 Å². The van der Waals surface area contributed by atoms with E-state index >= 15 is 4.79 Å². The number of amides is 2. The molecule has 7 aromatic carbocycles. The van der Waals surface area contributed by atoms with Crippen molar-refractivity contribution in [2.75, 3.05) is 16.8 Å². The van der Waals surface area contributed by atoms with Crippen LogP contribution in [0.15, 0.2) is 240 Å². The van der Waals surface area contributed by atoms with Crippen LogP contribution in [0.1, 0.15) is 79.2 Å². The summed E-state index contributed by atoms with van der Waals surface area (Å²) in [5.74, 6) is -2.08. The molecule has 0 bridgehead atoms. The lowest BCUT2D eigenvalue weighted by Gasteiger charge is -2.50. The highest BCUT2D eigenvalue weighted by molar-refractivity contribution is 8.01. The van der Waals surface area contributed by atoms with Crippen LogP contribution < -0.4 is 16.4 Å². The van der Waals surface area contributed by atoms with E-state index in [2.05, 4.69) is 62.1 Å². The minimum Gasteiger partial charge on any atom is -0.448 e. The average Bonchev–Trinajstić information content (AvgIpc) is 2.58. The summed E-state index contributed by atoms with van der Waals surface area (Å²) in [6.07, 6.45) is -1.55. The second kappa shape index (κ2) is 24.1. The van der Waals surface area contributed by atoms with Crippen molar-refractivity contribution in [3.8, 4) is 0 Å². The lowest BCUT2D eigenvalue weighted by Crippen LogP contribution is -2.71. The van der Waals surface area contributed by atoms with Crippen LogP contribution in [0.5, 0.6) is 0 Å². The van der Waals surface area contributed by atoms with E-state index in [1.54, 1.807) is 5.38 Å². The van der Waals surface area contributed by atoms with Gasteiger partial charge in [-0.15, -0.1) is 40.0 Å². The fourth-order valence-corrected chi connectivity index (χ4v) is 13.7. The van der Waals surface area contributed by atoms with Crippen molar-refractivity contribution in [3.63, 3.8) is 0 Å². The van der Waals surface area contributed by atoms with Gasteiger partial charge in [-0.05, 0) is 57.5 Å². The molecule has 3 aromatic heterocycles. The first-order valence-corrected chi connectivity index (χ1v) is 29.7. The number of benzene rings is 7. The Bertz CT molecular complexity index is 3800. The van der Waals surface area contributed by atoms with E-state index < -0.39 is 59.0 Å². The number of esters is 2. The Kier molecular flexibility index (Phi) is 15.8. The van der Waals surface area contributed by atoms with Crippen molar-refractivity contribution < 1.29 is 28.7 Å². The van der Waals surface area contributed by atoms with Crippen LogP contribution in [0.4, 0.5) is 5.13 Å². The number of rotatable bonds is 19. The number of fused-ring (bicyclic) bond motifs is 2. The van der Waals surface area contributed by atoms with Gasteiger partial charge < -0.3 is 25.8 Å². The smallest absolute Gasteiger partial charge is 0.379 e. The number of hydrogen-bond acceptors (Lipinski definition) is 15. The maximum absolute atomic E-state index is 15.0. The van der Waals surface area contributed by atoms with Gasteiger partial charge in [0.1, 0.15) is 33.7 Å². The summed E-state index contributed by atoms with van der Waals surface area (Å²) in [4.78, 5) is 73.3. The van der Waals surface area contributed by atoms with Crippen LogP contribution in [-0.2, 0) is 29.4 Å². The normalized spacial score (nSPS) is 15.4. The number of ether oxygens (including phenoxy) is 2. The van der Waals surface area contributed by atoms with Gasteiger partial charge in [-0.2, -0.15) is 9.50 Å². The van der Waals surface area contributed by atoms with E-state index in [0.29, 0.717) is 32.9 Å². The predicted molar refractivity (Wildman–Crippen MR) is 321 cm³/mol. The predicted octanol–water partition coefficient (Wildman–Crippen LogP) is 11.0. The molecule has 1 saturated heterocycles. The fraction of sp³-hybridized carbons (Fsp3) is 0.138. The third-order valence-corrected chi connectivity index (χ3v) is 17.6. The summed E-state index contributed by atoms with van der Waals surface area (Å²) in [5, 5.41) is 13.4. The van der Waals surface area contributed by atoms with E-state index in [0.717, 1.165) is 38.9 Å². The van der Waals surface area contributed by atoms with Gasteiger partial charge in [0.2, 0.25) is 5.91 Å². The molecule has 15 nitrogen and oxygen atoms in total. The molecule has 0 radical (unpaired) electrons. The SMILES string of the molecule is Cc1cc(SCC2=C(C(=O)OC(c3ccccc3)c3ccccc3)N3C(=O)C(NC(=O)C(N)c4csc(NC(c5ccccc5)(c5ccccc5)c5ccccc5)n4)C3SC2)n2nc(C(=O)OC(c3ccccc3)c3ccccc3)nc2n1. The minimum atomic E-state index is -1.24. The van der Waals surface area contributed by atoms with Crippen molar-refractivity contribution in [1.29, 1.82) is 0 Å². The Morgan fingerprint density at radius 2 is 1.13 bits per heavy atom. The molecule has 412 valence electrons. The van der Waals surface area contributed by atoms with Crippen LogP contribution in [0.2, 0.25) is 0 Å². The Hall–Kier alpha value is -9.20. The molecule has 0 spiro atoms. The zero-order valence-corrected chi connectivity index (χ0v) is 47.0. The number of aryl methyl sites for hydroxylation is 1. The van der Waals surface area contributed by atoms with Gasteiger partial charge in [-0.1, -0.05) is 212 Å². The lowest BCUT2D eigenvalue weighted by atomic mass is 9.77. The van der Waals surface area contributed by atoms with Gasteiger partial charge >= 0.3 is 11.9 Å². The molecule has 5 heterocycles. The van der Waals surface area contributed by atoms with Gasteiger partial charge in [0.25, 0.3) is 17.5 Å². The van der Waals surface area contributed by atoms with E-state index in [9.17, 15) is 14.4 Å². The maximum Gasteiger partial charge on any atom is 0.379 e. The molecule has 1 fully saturated rings. The highest BCUT2D eigenvalue weighted by atomic mass is 32.2. The highest BCUT2D eigenvalue weighted by Crippen LogP contribution is 2.44. The zero-order chi connectivity index (χ0) is 56.9. The van der Waals surface area contributed by atoms with Gasteiger partial charge in [0.05, 0.1) is 5.69 Å². The molecule has 3 unspecified atom stereocenters. The van der Waals surface area contributed by atoms with E-state index in [4.69, 9.17) is 20.2 Å². The first-order valence-electron chi connectivity index (χ1n) is 26.7. The third-order valence-electron chi connectivity index (χ3n) is 14.4. The number of nitrogens with one attached hydrogen (secondary N) is 2. The Balaban J connectivity index is 0.811. The topological polar surface area (TPSA) is 196 Å². The van der Waals surface area contributed by atoms with Gasteiger partial charge in [-0.25, -0.2) is 19.6 Å². The third kappa shape index (κ3) is 11.2. The minimum absolute atomic E-state index is 0.0737. The van der Waals surface area contributed by atoms with E-state index in [1.165, 1.54) is 44.3 Å². The van der Waals surface area contributed by atoms with Crippen molar-refractivity contribution >= 4 is 69.5 Å². The molecule has 3 atom stereocenters. The number of carbonyl (C=O) groups excluding carboxylic acids is 4. The summed E-state index contributed by atoms with van der Waals surface area (Å²) < 4.78 is 14.1. The average molecular weight is 1150 g/mol. The van der Waals surface area contributed by atoms with Crippen LogP contribution in [0.25, 0.3) is 5.78 Å². The summed E-state index contributed by atoms with van der Waals surface area (Å²) in [6.45, 7) is 1.81. The molecule has 2 aliphatic heterocycles. The van der Waals surface area contributed by atoms with Crippen molar-refractivity contribution in [3.05, 3.63) is 291 Å². The molecule has 0 saturated carbocycles. The quantitative estimate of drug-likeness (QED) is 0.0227. The number of anilines is 1. The van der Waals surface area contributed by atoms with Gasteiger partial charge in [-0.3, -0.25) is 14.5 Å². The number of β-lactam (4-membered cyclic amide) rings is 1. The number of thiazole rings is 1. The molecule has 18 heteroatoms. The molecular weight excluding hydrogens is 1100 g/mol.